The van der Waals surface area contributed by atoms with E-state index in [2.05, 4.69) is 96.7 Å². The molecule has 1 heteroatoms. The van der Waals surface area contributed by atoms with Gasteiger partial charge >= 0.3 is 0 Å². The van der Waals surface area contributed by atoms with E-state index in [1.165, 1.54) is 60.8 Å². The van der Waals surface area contributed by atoms with Crippen molar-refractivity contribution in [3.8, 4) is 11.5 Å². The smallest absolute Gasteiger partial charge is 0.135 e. The second kappa shape index (κ2) is 11.6. The van der Waals surface area contributed by atoms with Gasteiger partial charge in [-0.1, -0.05) is 120 Å². The standard InChI is InChI=1S/C22H18O.C11H24.H2/c1-14-4-8-17(9-5-14)22-18-10-6-15(2)12-20(18)23-21-13-16(3)7-11-19(21)22;1-5-6-7-8-9-10-11(2,3)4;/h4-13H,2H2,1,3H3;5-10H2,1-4H3;1H. The van der Waals surface area contributed by atoms with E-state index < -0.39 is 0 Å². The Morgan fingerprint density at radius 2 is 1.44 bits per heavy atom. The van der Waals surface area contributed by atoms with Gasteiger partial charge in [0.2, 0.25) is 0 Å². The zero-order valence-corrected chi connectivity index (χ0v) is 22.1. The molecule has 0 amide bonds. The van der Waals surface area contributed by atoms with Gasteiger partial charge in [0, 0.05) is 17.8 Å². The average Bonchev–Trinajstić information content (AvgIpc) is 2.77. The number of aryl methyl sites for hydroxylation is 2. The Labute approximate surface area is 208 Å². The fourth-order valence-electron chi connectivity index (χ4n) is 4.33. The SMILES string of the molecule is C=c1ccc2c(c1)Oc1cc(C)ccc1C=2c1ccc(C)cc1.CCCCCCCC(C)(C)C.[HH]. The summed E-state index contributed by atoms with van der Waals surface area (Å²) in [5.74, 6) is 1.80. The molecule has 0 saturated carbocycles. The molecule has 34 heavy (non-hydrogen) atoms. The molecule has 1 aliphatic heterocycles. The highest BCUT2D eigenvalue weighted by Gasteiger charge is 2.19. The summed E-state index contributed by atoms with van der Waals surface area (Å²) in [5, 5.41) is 2.08. The maximum Gasteiger partial charge on any atom is 0.135 e. The van der Waals surface area contributed by atoms with Crippen molar-refractivity contribution < 1.29 is 6.16 Å². The molecule has 1 nitrogen and oxygen atoms in total. The summed E-state index contributed by atoms with van der Waals surface area (Å²) in [6, 6.07) is 21.2. The van der Waals surface area contributed by atoms with Gasteiger partial charge < -0.3 is 4.74 Å². The van der Waals surface area contributed by atoms with E-state index in [-0.39, 0.29) is 1.43 Å². The molecule has 4 rings (SSSR count). The minimum atomic E-state index is 0. The Morgan fingerprint density at radius 1 is 0.765 bits per heavy atom. The molecule has 3 aromatic rings. The lowest BCUT2D eigenvalue weighted by Crippen LogP contribution is -2.19. The number of unbranched alkanes of at least 4 members (excludes halogenated alkanes) is 4. The molecule has 0 fully saturated rings. The number of hydrogen-bond donors (Lipinski definition) is 0. The van der Waals surface area contributed by atoms with Crippen molar-refractivity contribution in [3.05, 3.63) is 93.4 Å². The molecule has 0 unspecified atom stereocenters. The number of ether oxygens (including phenoxy) is 1. The molecule has 0 aliphatic carbocycles. The minimum absolute atomic E-state index is 0. The van der Waals surface area contributed by atoms with Gasteiger partial charge in [0.25, 0.3) is 0 Å². The van der Waals surface area contributed by atoms with Gasteiger partial charge in [0.1, 0.15) is 11.5 Å². The van der Waals surface area contributed by atoms with E-state index in [0.29, 0.717) is 5.41 Å². The van der Waals surface area contributed by atoms with Crippen LogP contribution in [0.25, 0.3) is 12.2 Å². The van der Waals surface area contributed by atoms with Crippen LogP contribution >= 0.6 is 0 Å². The van der Waals surface area contributed by atoms with Crippen molar-refractivity contribution in [1.29, 1.82) is 0 Å². The van der Waals surface area contributed by atoms with Crippen LogP contribution in [0.1, 0.15) is 89.9 Å². The summed E-state index contributed by atoms with van der Waals surface area (Å²) >= 11 is 0. The Balaban J connectivity index is 0.000000310. The molecule has 0 saturated heterocycles. The molecule has 0 bridgehead atoms. The van der Waals surface area contributed by atoms with Gasteiger partial charge in [-0.05, 0) is 54.2 Å². The summed E-state index contributed by atoms with van der Waals surface area (Å²) in [7, 11) is 0. The maximum atomic E-state index is 6.15. The van der Waals surface area contributed by atoms with Crippen LogP contribution in [-0.4, -0.2) is 0 Å². The third kappa shape index (κ3) is 7.10. The minimum Gasteiger partial charge on any atom is -0.456 e. The van der Waals surface area contributed by atoms with Crippen LogP contribution in [0.5, 0.6) is 11.5 Å². The Kier molecular flexibility index (Phi) is 8.78. The summed E-state index contributed by atoms with van der Waals surface area (Å²) in [6.45, 7) is 17.5. The second-order valence-electron chi connectivity index (χ2n) is 10.9. The van der Waals surface area contributed by atoms with Crippen molar-refractivity contribution in [3.63, 3.8) is 0 Å². The molecule has 0 aromatic heterocycles. The van der Waals surface area contributed by atoms with Crippen molar-refractivity contribution in [1.82, 2.24) is 0 Å². The third-order valence-corrected chi connectivity index (χ3v) is 6.31. The van der Waals surface area contributed by atoms with Gasteiger partial charge in [-0.25, -0.2) is 0 Å². The summed E-state index contributed by atoms with van der Waals surface area (Å²) in [5.41, 5.74) is 6.58. The van der Waals surface area contributed by atoms with Gasteiger partial charge in [-0.2, -0.15) is 0 Å². The predicted octanol–water partition coefficient (Wildman–Crippen LogP) is 8.71. The fourth-order valence-corrected chi connectivity index (χ4v) is 4.33. The first-order valence-electron chi connectivity index (χ1n) is 12.9. The highest BCUT2D eigenvalue weighted by atomic mass is 16.5. The number of rotatable bonds is 6. The first-order valence-corrected chi connectivity index (χ1v) is 12.9. The quantitative estimate of drug-likeness (QED) is 0.264. The van der Waals surface area contributed by atoms with Crippen molar-refractivity contribution in [2.75, 3.05) is 0 Å². The molecule has 0 radical (unpaired) electrons. The summed E-state index contributed by atoms with van der Waals surface area (Å²) in [6.07, 6.45) is 8.46. The van der Waals surface area contributed by atoms with E-state index >= 15 is 0 Å². The van der Waals surface area contributed by atoms with Crippen molar-refractivity contribution in [2.24, 2.45) is 5.41 Å². The Morgan fingerprint density at radius 3 is 2.12 bits per heavy atom. The molecule has 1 heterocycles. The predicted molar refractivity (Wildman–Crippen MR) is 150 cm³/mol. The van der Waals surface area contributed by atoms with Crippen LogP contribution in [0.15, 0.2) is 60.7 Å². The molecule has 1 aliphatic rings. The van der Waals surface area contributed by atoms with E-state index in [1.54, 1.807) is 0 Å². The largest absolute Gasteiger partial charge is 0.456 e. The normalized spacial score (nSPS) is 12.2. The first kappa shape index (κ1) is 25.8. The number of hydrogen-bond acceptors (Lipinski definition) is 1. The lowest BCUT2D eigenvalue weighted by atomic mass is 9.89. The van der Waals surface area contributed by atoms with Gasteiger partial charge in [0.05, 0.1) is 0 Å². The molecular weight excluding hydrogens is 412 g/mol. The zero-order chi connectivity index (χ0) is 24.7. The lowest BCUT2D eigenvalue weighted by Gasteiger charge is -2.21. The maximum absolute atomic E-state index is 6.15. The molecule has 182 valence electrons. The first-order chi connectivity index (χ1) is 16.2. The highest BCUT2D eigenvalue weighted by Crippen LogP contribution is 2.36. The fraction of sp³-hybridized carbons (Fsp3) is 0.394. The molecular formula is C33H44O. The molecule has 0 spiro atoms. The monoisotopic (exact) mass is 456 g/mol. The van der Waals surface area contributed by atoms with Gasteiger partial charge in [-0.15, -0.1) is 0 Å². The molecule has 3 aromatic carbocycles. The Hall–Kier alpha value is -2.80. The number of fused-ring (bicyclic) bond motifs is 2. The highest BCUT2D eigenvalue weighted by molar-refractivity contribution is 5.85. The molecule has 0 atom stereocenters. The second-order valence-corrected chi connectivity index (χ2v) is 10.9. The van der Waals surface area contributed by atoms with Crippen LogP contribution in [0.4, 0.5) is 0 Å². The van der Waals surface area contributed by atoms with E-state index in [0.717, 1.165) is 27.5 Å². The average molecular weight is 457 g/mol. The van der Waals surface area contributed by atoms with Crippen LogP contribution in [0.2, 0.25) is 0 Å². The van der Waals surface area contributed by atoms with E-state index in [1.807, 2.05) is 12.1 Å². The molecule has 0 N–H and O–H groups in total. The third-order valence-electron chi connectivity index (χ3n) is 6.31. The Bertz CT molecular complexity index is 1200. The van der Waals surface area contributed by atoms with Crippen molar-refractivity contribution in [2.45, 2.75) is 80.1 Å². The van der Waals surface area contributed by atoms with E-state index in [9.17, 15) is 0 Å². The van der Waals surface area contributed by atoms with Gasteiger partial charge in [0.15, 0.2) is 0 Å². The lowest BCUT2D eigenvalue weighted by molar-refractivity contribution is 0.357. The zero-order valence-electron chi connectivity index (χ0n) is 22.1. The number of benzene rings is 3. The van der Waals surface area contributed by atoms with Crippen LogP contribution in [0.3, 0.4) is 0 Å². The van der Waals surface area contributed by atoms with Crippen LogP contribution in [-0.2, 0) is 0 Å². The van der Waals surface area contributed by atoms with E-state index in [4.69, 9.17) is 4.74 Å². The summed E-state index contributed by atoms with van der Waals surface area (Å²) < 4.78 is 6.15. The van der Waals surface area contributed by atoms with Crippen LogP contribution in [0, 0.1) is 19.3 Å². The van der Waals surface area contributed by atoms with Gasteiger partial charge in [-0.3, -0.25) is 0 Å². The summed E-state index contributed by atoms with van der Waals surface area (Å²) in [4.78, 5) is 0. The topological polar surface area (TPSA) is 9.23 Å². The van der Waals surface area contributed by atoms with Crippen LogP contribution < -0.4 is 15.2 Å². The van der Waals surface area contributed by atoms with Crippen molar-refractivity contribution >= 4 is 12.2 Å².